The van der Waals surface area contributed by atoms with Gasteiger partial charge in [0.25, 0.3) is 0 Å². The van der Waals surface area contributed by atoms with Gasteiger partial charge in [0.1, 0.15) is 0 Å². The standard InChI is InChI=1S/C14H18N2/c1-16-8-4-5-12(16)9-11-10-15-14-7-3-2-6-13(11)14/h2-3,6-7,10,12,15H,4-5,8-9H2,1H3/t12-/m1/s1/i2D,3D,6D,7D,10D. The zero-order valence-electron chi connectivity index (χ0n) is 14.4. The summed E-state index contributed by atoms with van der Waals surface area (Å²) in [5.74, 6) is 0. The largest absolute Gasteiger partial charge is 0.361 e. The molecule has 1 aromatic carbocycles. The molecule has 3 rings (SSSR count). The monoisotopic (exact) mass is 219 g/mol. The van der Waals surface area contributed by atoms with E-state index in [4.69, 9.17) is 6.85 Å². The summed E-state index contributed by atoms with van der Waals surface area (Å²) >= 11 is 0. The van der Waals surface area contributed by atoms with Gasteiger partial charge in [0.2, 0.25) is 0 Å². The summed E-state index contributed by atoms with van der Waals surface area (Å²) in [6.45, 7) is 1.04. The predicted octanol–water partition coefficient (Wildman–Crippen LogP) is 2.80. The Balaban J connectivity index is 2.16. The van der Waals surface area contributed by atoms with Gasteiger partial charge in [-0.2, -0.15) is 0 Å². The Bertz CT molecular complexity index is 709. The molecule has 0 unspecified atom stereocenters. The summed E-state index contributed by atoms with van der Waals surface area (Å²) < 4.78 is 39.7. The minimum absolute atomic E-state index is 0.0450. The van der Waals surface area contributed by atoms with Crippen molar-refractivity contribution in [3.05, 3.63) is 35.9 Å². The highest BCUT2D eigenvalue weighted by Crippen LogP contribution is 2.24. The van der Waals surface area contributed by atoms with Gasteiger partial charge in [0.05, 0.1) is 6.85 Å². The van der Waals surface area contributed by atoms with Gasteiger partial charge in [-0.1, -0.05) is 18.1 Å². The van der Waals surface area contributed by atoms with Crippen LogP contribution in [0.5, 0.6) is 0 Å². The number of hydrogen-bond donors (Lipinski definition) is 1. The van der Waals surface area contributed by atoms with Gasteiger partial charge in [-0.3, -0.25) is 0 Å². The third kappa shape index (κ3) is 1.63. The SMILES string of the molecule is [2H]c1[nH]c2c([2H])c([2H])c([2H])c([2H])c2c1C[C@H]1CCCN1C. The third-order valence-corrected chi connectivity index (χ3v) is 3.44. The van der Waals surface area contributed by atoms with E-state index in [0.29, 0.717) is 28.9 Å². The quantitative estimate of drug-likeness (QED) is 0.823. The first-order valence-electron chi connectivity index (χ1n) is 8.19. The Morgan fingerprint density at radius 1 is 1.50 bits per heavy atom. The predicted molar refractivity (Wildman–Crippen MR) is 67.7 cm³/mol. The number of nitrogens with one attached hydrogen (secondary N) is 1. The summed E-state index contributed by atoms with van der Waals surface area (Å²) in [4.78, 5) is 5.08. The van der Waals surface area contributed by atoms with Crippen molar-refractivity contribution in [2.24, 2.45) is 0 Å². The van der Waals surface area contributed by atoms with E-state index in [1.54, 1.807) is 0 Å². The van der Waals surface area contributed by atoms with Crippen molar-refractivity contribution in [3.8, 4) is 0 Å². The molecule has 0 spiro atoms. The Hall–Kier alpha value is -1.28. The molecule has 0 aliphatic carbocycles. The molecule has 1 fully saturated rings. The summed E-state index contributed by atoms with van der Waals surface area (Å²) in [6.07, 6.45) is 3.05. The van der Waals surface area contributed by atoms with E-state index in [9.17, 15) is 0 Å². The van der Waals surface area contributed by atoms with Gasteiger partial charge in [-0.05, 0) is 44.5 Å². The maximum atomic E-state index is 8.10. The lowest BCUT2D eigenvalue weighted by atomic mass is 10.0. The van der Waals surface area contributed by atoms with Crippen LogP contribution in [0.2, 0.25) is 0 Å². The van der Waals surface area contributed by atoms with Crippen LogP contribution in [0.25, 0.3) is 10.9 Å². The molecule has 1 aliphatic heterocycles. The number of likely N-dealkylation sites (N-methyl/N-ethyl adjacent to an activating group) is 1. The molecule has 1 aromatic heterocycles. The number of aromatic amines is 1. The first-order valence-corrected chi connectivity index (χ1v) is 5.69. The fourth-order valence-electron chi connectivity index (χ4n) is 2.46. The molecule has 1 saturated heterocycles. The summed E-state index contributed by atoms with van der Waals surface area (Å²) in [7, 11) is 2.06. The molecule has 1 N–H and O–H groups in total. The normalized spacial score (nSPS) is 26.3. The number of nitrogens with zero attached hydrogens (tertiary/aromatic N) is 1. The van der Waals surface area contributed by atoms with Crippen molar-refractivity contribution in [1.82, 2.24) is 9.88 Å². The van der Waals surface area contributed by atoms with Crippen molar-refractivity contribution in [3.63, 3.8) is 0 Å². The number of hydrogen-bond acceptors (Lipinski definition) is 1. The van der Waals surface area contributed by atoms with Crippen molar-refractivity contribution in [2.75, 3.05) is 13.6 Å². The van der Waals surface area contributed by atoms with Crippen LogP contribution in [0.4, 0.5) is 0 Å². The summed E-state index contributed by atoms with van der Waals surface area (Å²) in [6, 6.07) is -0.278. The van der Waals surface area contributed by atoms with Crippen molar-refractivity contribution >= 4 is 10.9 Å². The van der Waals surface area contributed by atoms with Gasteiger partial charge < -0.3 is 9.88 Å². The lowest BCUT2D eigenvalue weighted by molar-refractivity contribution is 0.310. The van der Waals surface area contributed by atoms with Crippen molar-refractivity contribution < 1.29 is 6.85 Å². The van der Waals surface area contributed by atoms with E-state index in [1.165, 1.54) is 0 Å². The molecule has 0 bridgehead atoms. The Kier molecular flexibility index (Phi) is 1.45. The maximum Gasteiger partial charge on any atom is 0.0819 e. The molecule has 1 atom stereocenters. The van der Waals surface area contributed by atoms with Crippen LogP contribution in [0, 0.1) is 0 Å². The van der Waals surface area contributed by atoms with E-state index in [0.717, 1.165) is 19.4 Å². The zero-order valence-corrected chi connectivity index (χ0v) is 9.35. The van der Waals surface area contributed by atoms with Crippen LogP contribution in [0.3, 0.4) is 0 Å². The smallest absolute Gasteiger partial charge is 0.0819 e. The van der Waals surface area contributed by atoms with Crippen LogP contribution in [-0.4, -0.2) is 29.5 Å². The number of rotatable bonds is 2. The van der Waals surface area contributed by atoms with Gasteiger partial charge in [-0.25, -0.2) is 0 Å². The topological polar surface area (TPSA) is 19.0 Å². The zero-order chi connectivity index (χ0) is 15.3. The summed E-state index contributed by atoms with van der Waals surface area (Å²) in [5.41, 5.74) is 1.05. The Morgan fingerprint density at radius 3 is 3.19 bits per heavy atom. The molecule has 0 saturated carbocycles. The molecule has 2 heterocycles. The van der Waals surface area contributed by atoms with Crippen molar-refractivity contribution in [2.45, 2.75) is 25.3 Å². The van der Waals surface area contributed by atoms with Crippen LogP contribution in [-0.2, 0) is 6.42 Å². The molecule has 84 valence electrons. The minimum Gasteiger partial charge on any atom is -0.361 e. The molecule has 0 radical (unpaired) electrons. The van der Waals surface area contributed by atoms with Crippen LogP contribution < -0.4 is 0 Å². The van der Waals surface area contributed by atoms with E-state index < -0.39 is 0 Å². The first-order chi connectivity index (χ1) is 9.91. The molecule has 2 aromatic rings. The van der Waals surface area contributed by atoms with Crippen LogP contribution in [0.15, 0.2) is 30.3 Å². The number of fused-ring (bicyclic) bond motifs is 1. The highest BCUT2D eigenvalue weighted by Gasteiger charge is 2.21. The number of benzene rings is 1. The van der Waals surface area contributed by atoms with Crippen LogP contribution >= 0.6 is 0 Å². The lowest BCUT2D eigenvalue weighted by Gasteiger charge is -2.18. The van der Waals surface area contributed by atoms with E-state index in [1.807, 2.05) is 0 Å². The third-order valence-electron chi connectivity index (χ3n) is 3.44. The van der Waals surface area contributed by atoms with Crippen LogP contribution in [0.1, 0.15) is 25.3 Å². The highest BCUT2D eigenvalue weighted by atomic mass is 15.1. The second kappa shape index (κ2) is 3.95. The van der Waals surface area contributed by atoms with Crippen molar-refractivity contribution in [1.29, 1.82) is 0 Å². The number of H-pyrrole nitrogens is 1. The van der Waals surface area contributed by atoms with Gasteiger partial charge in [0, 0.05) is 23.1 Å². The number of likely N-dealkylation sites (tertiary alicyclic amines) is 1. The van der Waals surface area contributed by atoms with E-state index in [2.05, 4.69) is 16.9 Å². The van der Waals surface area contributed by atoms with Gasteiger partial charge in [-0.15, -0.1) is 0 Å². The molecule has 2 heteroatoms. The van der Waals surface area contributed by atoms with E-state index >= 15 is 0 Å². The second-order valence-corrected chi connectivity index (χ2v) is 4.46. The van der Waals surface area contributed by atoms with E-state index in [-0.39, 0.29) is 30.3 Å². The second-order valence-electron chi connectivity index (χ2n) is 4.46. The molecular weight excluding hydrogens is 196 g/mol. The van der Waals surface area contributed by atoms with Gasteiger partial charge in [0.15, 0.2) is 0 Å². The maximum absolute atomic E-state index is 8.10. The average Bonchev–Trinajstić information content (AvgIpc) is 3.00. The molecular formula is C14H18N2. The summed E-state index contributed by atoms with van der Waals surface area (Å²) in [5, 5.41) is 0.478. The fraction of sp³-hybridized carbons (Fsp3) is 0.429. The molecule has 2 nitrogen and oxygen atoms in total. The molecule has 1 aliphatic rings. The number of para-hydroxylation sites is 1. The fourth-order valence-corrected chi connectivity index (χ4v) is 2.46. The Morgan fingerprint density at radius 2 is 2.38 bits per heavy atom. The molecule has 0 amide bonds. The molecule has 16 heavy (non-hydrogen) atoms. The highest BCUT2D eigenvalue weighted by molar-refractivity contribution is 5.83. The first kappa shape index (κ1) is 5.87. The Labute approximate surface area is 103 Å². The lowest BCUT2D eigenvalue weighted by Crippen LogP contribution is -2.26. The average molecular weight is 219 g/mol. The number of aromatic nitrogens is 1. The minimum atomic E-state index is -0.252. The van der Waals surface area contributed by atoms with Gasteiger partial charge >= 0.3 is 0 Å².